The Bertz CT molecular complexity index is 603. The first kappa shape index (κ1) is 16.5. The number of sulfonamides is 1. The van der Waals surface area contributed by atoms with E-state index >= 15 is 0 Å². The molecule has 112 valence electrons. The fourth-order valence-corrected chi connectivity index (χ4v) is 2.95. The number of rotatable bonds is 6. The van der Waals surface area contributed by atoms with Crippen LogP contribution >= 0.6 is 0 Å². The highest BCUT2D eigenvalue weighted by Gasteiger charge is 2.31. The molecule has 2 unspecified atom stereocenters. The topological polar surface area (TPSA) is 83.5 Å². The molecule has 0 amide bonds. The molecular formula is C12H15F2NO4S. The maximum Gasteiger partial charge on any atom is 0.322 e. The molecule has 5 nitrogen and oxygen atoms in total. The summed E-state index contributed by atoms with van der Waals surface area (Å²) in [4.78, 5) is 10.2. The summed E-state index contributed by atoms with van der Waals surface area (Å²) in [6.45, 7) is 3.24. The van der Waals surface area contributed by atoms with E-state index in [1.807, 2.05) is 4.72 Å². The maximum atomic E-state index is 13.5. The van der Waals surface area contributed by atoms with E-state index in [-0.39, 0.29) is 0 Å². The molecule has 1 rings (SSSR count). The first-order valence-electron chi connectivity index (χ1n) is 5.89. The highest BCUT2D eigenvalue weighted by Crippen LogP contribution is 2.18. The van der Waals surface area contributed by atoms with Gasteiger partial charge in [-0.1, -0.05) is 20.3 Å². The third-order valence-electron chi connectivity index (χ3n) is 2.94. The number of nitrogens with one attached hydrogen (secondary N) is 1. The molecule has 1 aromatic rings. The molecule has 0 aliphatic rings. The summed E-state index contributed by atoms with van der Waals surface area (Å²) in [6.07, 6.45) is 0.408. The van der Waals surface area contributed by atoms with Gasteiger partial charge in [0.15, 0.2) is 0 Å². The highest BCUT2D eigenvalue weighted by molar-refractivity contribution is 7.89. The monoisotopic (exact) mass is 307 g/mol. The predicted octanol–water partition coefficient (Wildman–Crippen LogP) is 1.74. The Balaban J connectivity index is 3.16. The lowest BCUT2D eigenvalue weighted by molar-refractivity contribution is -0.140. The van der Waals surface area contributed by atoms with Crippen LogP contribution in [0.5, 0.6) is 0 Å². The van der Waals surface area contributed by atoms with E-state index in [1.165, 1.54) is 0 Å². The molecule has 0 radical (unpaired) electrons. The largest absolute Gasteiger partial charge is 0.480 e. The van der Waals surface area contributed by atoms with E-state index in [1.54, 1.807) is 13.8 Å². The number of benzene rings is 1. The SMILES string of the molecule is CCC(C)C(NS(=O)(=O)c1cc(F)ccc1F)C(=O)O. The number of halogens is 2. The van der Waals surface area contributed by atoms with Crippen LogP contribution < -0.4 is 4.72 Å². The molecule has 2 N–H and O–H groups in total. The lowest BCUT2D eigenvalue weighted by atomic mass is 10.0. The van der Waals surface area contributed by atoms with Crippen LogP contribution in [0.25, 0.3) is 0 Å². The van der Waals surface area contributed by atoms with Gasteiger partial charge in [0, 0.05) is 0 Å². The molecule has 1 aromatic carbocycles. The van der Waals surface area contributed by atoms with Crippen LogP contribution in [0, 0.1) is 17.6 Å². The molecule has 0 aromatic heterocycles. The van der Waals surface area contributed by atoms with Gasteiger partial charge in [-0.15, -0.1) is 0 Å². The summed E-state index contributed by atoms with van der Waals surface area (Å²) >= 11 is 0. The molecule has 0 saturated heterocycles. The number of aliphatic carboxylic acids is 1. The van der Waals surface area contributed by atoms with Crippen LogP contribution in [0.3, 0.4) is 0 Å². The number of carboxylic acids is 1. The van der Waals surface area contributed by atoms with Crippen LogP contribution in [0.15, 0.2) is 23.1 Å². The van der Waals surface area contributed by atoms with Crippen molar-refractivity contribution in [1.82, 2.24) is 4.72 Å². The molecule has 0 heterocycles. The van der Waals surface area contributed by atoms with Gasteiger partial charge in [0.05, 0.1) is 0 Å². The summed E-state index contributed by atoms with van der Waals surface area (Å²) in [6, 6.07) is 0.543. The van der Waals surface area contributed by atoms with Crippen LogP contribution in [-0.2, 0) is 14.8 Å². The Morgan fingerprint density at radius 2 is 2.00 bits per heavy atom. The quantitative estimate of drug-likeness (QED) is 0.838. The van der Waals surface area contributed by atoms with E-state index in [4.69, 9.17) is 5.11 Å². The summed E-state index contributed by atoms with van der Waals surface area (Å²) in [5, 5.41) is 9.01. The van der Waals surface area contributed by atoms with Gasteiger partial charge in [-0.3, -0.25) is 4.79 Å². The lowest BCUT2D eigenvalue weighted by Gasteiger charge is -2.20. The van der Waals surface area contributed by atoms with Crippen LogP contribution in [0.4, 0.5) is 8.78 Å². The molecule has 20 heavy (non-hydrogen) atoms. The average molecular weight is 307 g/mol. The van der Waals surface area contributed by atoms with E-state index in [2.05, 4.69) is 0 Å². The highest BCUT2D eigenvalue weighted by atomic mass is 32.2. The zero-order valence-corrected chi connectivity index (χ0v) is 11.7. The minimum atomic E-state index is -4.46. The number of hydrogen-bond acceptors (Lipinski definition) is 3. The second-order valence-electron chi connectivity index (χ2n) is 4.40. The van der Waals surface area contributed by atoms with Crippen molar-refractivity contribution in [2.45, 2.75) is 31.2 Å². The first-order valence-corrected chi connectivity index (χ1v) is 7.37. The minimum Gasteiger partial charge on any atom is -0.480 e. The van der Waals surface area contributed by atoms with Crippen molar-refractivity contribution in [2.24, 2.45) is 5.92 Å². The molecular weight excluding hydrogens is 292 g/mol. The molecule has 8 heteroatoms. The molecule has 2 atom stereocenters. The normalized spacial score (nSPS) is 14.8. The van der Waals surface area contributed by atoms with E-state index in [9.17, 15) is 22.0 Å². The Labute approximate surface area is 115 Å². The second-order valence-corrected chi connectivity index (χ2v) is 6.08. The van der Waals surface area contributed by atoms with Gasteiger partial charge in [0.25, 0.3) is 0 Å². The van der Waals surface area contributed by atoms with Crippen molar-refractivity contribution >= 4 is 16.0 Å². The lowest BCUT2D eigenvalue weighted by Crippen LogP contribution is -2.45. The van der Waals surface area contributed by atoms with Gasteiger partial charge in [-0.2, -0.15) is 4.72 Å². The van der Waals surface area contributed by atoms with E-state index in [0.717, 1.165) is 6.07 Å². The number of carboxylic acid groups (broad SMARTS) is 1. The Kier molecular flexibility index (Phi) is 5.18. The third-order valence-corrected chi connectivity index (χ3v) is 4.40. The van der Waals surface area contributed by atoms with Gasteiger partial charge in [0.2, 0.25) is 10.0 Å². The van der Waals surface area contributed by atoms with E-state index < -0.39 is 44.5 Å². The number of carbonyl (C=O) groups is 1. The van der Waals surface area contributed by atoms with Gasteiger partial charge < -0.3 is 5.11 Å². The van der Waals surface area contributed by atoms with Gasteiger partial charge in [-0.25, -0.2) is 17.2 Å². The van der Waals surface area contributed by atoms with Crippen molar-refractivity contribution < 1.29 is 27.1 Å². The molecule has 0 saturated carbocycles. The standard InChI is InChI=1S/C12H15F2NO4S/c1-3-7(2)11(12(16)17)15-20(18,19)10-6-8(13)4-5-9(10)14/h4-7,11,15H,3H2,1-2H3,(H,16,17). The van der Waals surface area contributed by atoms with Crippen molar-refractivity contribution in [3.8, 4) is 0 Å². The summed E-state index contributed by atoms with van der Waals surface area (Å²) in [7, 11) is -4.46. The number of hydrogen-bond donors (Lipinski definition) is 2. The fraction of sp³-hybridized carbons (Fsp3) is 0.417. The fourth-order valence-electron chi connectivity index (χ4n) is 1.56. The van der Waals surface area contributed by atoms with Gasteiger partial charge >= 0.3 is 5.97 Å². The van der Waals surface area contributed by atoms with Crippen molar-refractivity contribution in [1.29, 1.82) is 0 Å². The maximum absolute atomic E-state index is 13.5. The summed E-state index contributed by atoms with van der Waals surface area (Å²) in [5.41, 5.74) is 0. The van der Waals surface area contributed by atoms with Crippen molar-refractivity contribution in [2.75, 3.05) is 0 Å². The zero-order chi connectivity index (χ0) is 15.5. The molecule has 0 aliphatic carbocycles. The summed E-state index contributed by atoms with van der Waals surface area (Å²) < 4.78 is 52.3. The van der Waals surface area contributed by atoms with Crippen LogP contribution in [0.2, 0.25) is 0 Å². The van der Waals surface area contributed by atoms with E-state index in [0.29, 0.717) is 18.6 Å². The summed E-state index contributed by atoms with van der Waals surface area (Å²) in [5.74, 6) is -3.95. The molecule has 0 bridgehead atoms. The minimum absolute atomic E-state index is 0.408. The third kappa shape index (κ3) is 3.73. The van der Waals surface area contributed by atoms with Crippen molar-refractivity contribution in [3.05, 3.63) is 29.8 Å². The average Bonchev–Trinajstić information content (AvgIpc) is 2.37. The first-order chi connectivity index (χ1) is 9.19. The second kappa shape index (κ2) is 6.27. The van der Waals surface area contributed by atoms with Crippen molar-refractivity contribution in [3.63, 3.8) is 0 Å². The zero-order valence-electron chi connectivity index (χ0n) is 10.9. The molecule has 0 aliphatic heterocycles. The van der Waals surface area contributed by atoms with Gasteiger partial charge in [-0.05, 0) is 24.1 Å². The Morgan fingerprint density at radius 3 is 2.50 bits per heavy atom. The Hall–Kier alpha value is -1.54. The van der Waals surface area contributed by atoms with Crippen LogP contribution in [0.1, 0.15) is 20.3 Å². The smallest absolute Gasteiger partial charge is 0.322 e. The van der Waals surface area contributed by atoms with Gasteiger partial charge in [0.1, 0.15) is 22.6 Å². The molecule has 0 spiro atoms. The predicted molar refractivity (Wildman–Crippen MR) is 67.6 cm³/mol. The molecule has 0 fully saturated rings. The van der Waals surface area contributed by atoms with Crippen LogP contribution in [-0.4, -0.2) is 25.5 Å². The Morgan fingerprint density at radius 1 is 1.40 bits per heavy atom.